The van der Waals surface area contributed by atoms with Crippen molar-refractivity contribution in [3.05, 3.63) is 48.5 Å². The summed E-state index contributed by atoms with van der Waals surface area (Å²) in [6.45, 7) is -2.28. The van der Waals surface area contributed by atoms with Crippen LogP contribution in [0.3, 0.4) is 0 Å². The van der Waals surface area contributed by atoms with E-state index in [1.54, 1.807) is 44.5 Å². The van der Waals surface area contributed by atoms with Crippen LogP contribution >= 0.6 is 0 Å². The van der Waals surface area contributed by atoms with Crippen LogP contribution in [-0.2, 0) is 0 Å². The zero-order valence-electron chi connectivity index (χ0n) is 14.4. The van der Waals surface area contributed by atoms with E-state index in [1.807, 2.05) is 0 Å². The van der Waals surface area contributed by atoms with Gasteiger partial charge in [0.15, 0.2) is 0 Å². The van der Waals surface area contributed by atoms with Gasteiger partial charge in [0.05, 0.1) is 13.7 Å². The normalized spacial score (nSPS) is 10.3. The summed E-state index contributed by atoms with van der Waals surface area (Å²) in [5.41, 5.74) is 0.357. The first-order valence-corrected chi connectivity index (χ1v) is 7.82. The topological polar surface area (TPSA) is 60.0 Å². The van der Waals surface area contributed by atoms with Crippen molar-refractivity contribution in [3.8, 4) is 17.2 Å². The Morgan fingerprint density at radius 2 is 1.81 bits per heavy atom. The van der Waals surface area contributed by atoms with Crippen LogP contribution in [0.15, 0.2) is 48.5 Å². The molecule has 0 aromatic heterocycles. The number of ether oxygens (including phenoxy) is 3. The van der Waals surface area contributed by atoms with Gasteiger partial charge < -0.3 is 24.4 Å². The molecule has 0 aliphatic rings. The van der Waals surface area contributed by atoms with Gasteiger partial charge in [0, 0.05) is 18.8 Å². The van der Waals surface area contributed by atoms with Crippen LogP contribution in [0, 0.1) is 0 Å². The largest absolute Gasteiger partial charge is 0.497 e. The summed E-state index contributed by atoms with van der Waals surface area (Å²) in [5.74, 6) is 1.37. The number of likely N-dealkylation sites (N-methyl/N-ethyl adjacent to an activating group) is 1. The zero-order valence-corrected chi connectivity index (χ0v) is 14.4. The molecule has 0 aliphatic carbocycles. The van der Waals surface area contributed by atoms with Crippen molar-refractivity contribution < 1.29 is 27.8 Å². The van der Waals surface area contributed by atoms with E-state index in [0.29, 0.717) is 24.6 Å². The second-order valence-electron chi connectivity index (χ2n) is 5.28. The molecule has 0 saturated heterocycles. The number of benzene rings is 2. The molecule has 0 atom stereocenters. The fraction of sp³-hybridized carbons (Fsp3) is 0.278. The van der Waals surface area contributed by atoms with Crippen LogP contribution < -0.4 is 19.5 Å². The Hall–Kier alpha value is -3.03. The first-order valence-electron chi connectivity index (χ1n) is 7.82. The highest BCUT2D eigenvalue weighted by atomic mass is 19.3. The van der Waals surface area contributed by atoms with Crippen molar-refractivity contribution in [2.75, 3.05) is 32.6 Å². The molecule has 26 heavy (non-hydrogen) atoms. The minimum absolute atomic E-state index is 0.0247. The number of urea groups is 1. The third kappa shape index (κ3) is 6.12. The summed E-state index contributed by atoms with van der Waals surface area (Å²) in [6, 6.07) is 12.5. The van der Waals surface area contributed by atoms with Gasteiger partial charge in [0.2, 0.25) is 0 Å². The van der Waals surface area contributed by atoms with Crippen molar-refractivity contribution in [2.45, 2.75) is 6.61 Å². The van der Waals surface area contributed by atoms with Crippen LogP contribution in [0.1, 0.15) is 0 Å². The molecule has 140 valence electrons. The molecule has 0 unspecified atom stereocenters. The van der Waals surface area contributed by atoms with E-state index in [2.05, 4.69) is 10.1 Å². The van der Waals surface area contributed by atoms with Gasteiger partial charge in [0.1, 0.15) is 23.9 Å². The molecule has 2 aromatic rings. The summed E-state index contributed by atoms with van der Waals surface area (Å²) < 4.78 is 39.4. The van der Waals surface area contributed by atoms with Gasteiger partial charge in [0.25, 0.3) is 0 Å². The molecule has 0 fully saturated rings. The number of alkyl halides is 2. The van der Waals surface area contributed by atoms with Gasteiger partial charge in [-0.15, -0.1) is 0 Å². The van der Waals surface area contributed by atoms with Gasteiger partial charge >= 0.3 is 12.6 Å². The Morgan fingerprint density at radius 3 is 2.46 bits per heavy atom. The first kappa shape index (κ1) is 19.3. The summed E-state index contributed by atoms with van der Waals surface area (Å²) in [5, 5.41) is 2.61. The Bertz CT molecular complexity index is 711. The number of hydrogen-bond donors (Lipinski definition) is 1. The average molecular weight is 366 g/mol. The number of rotatable bonds is 8. The van der Waals surface area contributed by atoms with Gasteiger partial charge in [-0.05, 0) is 36.4 Å². The molecule has 2 amide bonds. The van der Waals surface area contributed by atoms with Crippen molar-refractivity contribution in [1.82, 2.24) is 4.90 Å². The van der Waals surface area contributed by atoms with E-state index in [0.717, 1.165) is 5.75 Å². The highest BCUT2D eigenvalue weighted by molar-refractivity contribution is 5.89. The van der Waals surface area contributed by atoms with Crippen LogP contribution in [-0.4, -0.2) is 44.9 Å². The number of halogens is 2. The van der Waals surface area contributed by atoms with E-state index >= 15 is 0 Å². The SMILES string of the molecule is COc1ccc(OCCN(C)C(=O)Nc2cccc(OC(F)F)c2)cc1. The molecule has 2 rings (SSSR count). The first-order chi connectivity index (χ1) is 12.5. The zero-order chi connectivity index (χ0) is 18.9. The lowest BCUT2D eigenvalue weighted by molar-refractivity contribution is -0.0497. The lowest BCUT2D eigenvalue weighted by Crippen LogP contribution is -2.34. The number of nitrogens with one attached hydrogen (secondary N) is 1. The Kier molecular flexibility index (Phi) is 7.02. The number of carbonyl (C=O) groups excluding carboxylic acids is 1. The second kappa shape index (κ2) is 9.45. The highest BCUT2D eigenvalue weighted by Crippen LogP contribution is 2.20. The van der Waals surface area contributed by atoms with Crippen LogP contribution in [0.5, 0.6) is 17.2 Å². The predicted octanol–water partition coefficient (Wildman–Crippen LogP) is 3.84. The number of anilines is 1. The molecule has 0 aliphatic heterocycles. The van der Waals surface area contributed by atoms with Crippen molar-refractivity contribution in [3.63, 3.8) is 0 Å². The lowest BCUT2D eigenvalue weighted by atomic mass is 10.3. The smallest absolute Gasteiger partial charge is 0.387 e. The Labute approximate surface area is 150 Å². The molecule has 0 spiro atoms. The summed E-state index contributed by atoms with van der Waals surface area (Å²) >= 11 is 0. The lowest BCUT2D eigenvalue weighted by Gasteiger charge is -2.18. The molecule has 0 bridgehead atoms. The maximum atomic E-state index is 12.2. The van der Waals surface area contributed by atoms with Crippen LogP contribution in [0.25, 0.3) is 0 Å². The predicted molar refractivity (Wildman–Crippen MR) is 93.2 cm³/mol. The quantitative estimate of drug-likeness (QED) is 0.771. The van der Waals surface area contributed by atoms with E-state index in [1.165, 1.54) is 23.1 Å². The number of methoxy groups -OCH3 is 1. The fourth-order valence-corrected chi connectivity index (χ4v) is 2.04. The van der Waals surface area contributed by atoms with Gasteiger partial charge in [-0.3, -0.25) is 0 Å². The molecule has 6 nitrogen and oxygen atoms in total. The van der Waals surface area contributed by atoms with Crippen LogP contribution in [0.2, 0.25) is 0 Å². The van der Waals surface area contributed by atoms with E-state index < -0.39 is 12.6 Å². The van der Waals surface area contributed by atoms with Crippen molar-refractivity contribution >= 4 is 11.7 Å². The maximum absolute atomic E-state index is 12.2. The third-order valence-electron chi connectivity index (χ3n) is 3.41. The second-order valence-corrected chi connectivity index (χ2v) is 5.28. The monoisotopic (exact) mass is 366 g/mol. The van der Waals surface area contributed by atoms with E-state index in [4.69, 9.17) is 9.47 Å². The molecular weight excluding hydrogens is 346 g/mol. The summed E-state index contributed by atoms with van der Waals surface area (Å²) in [7, 11) is 3.19. The number of hydrogen-bond acceptors (Lipinski definition) is 4. The standard InChI is InChI=1S/C18H20F2N2O4/c1-22(10-11-25-15-8-6-14(24-2)7-9-15)18(23)21-13-4-3-5-16(12-13)26-17(19)20/h3-9,12,17H,10-11H2,1-2H3,(H,21,23). The number of amides is 2. The van der Waals surface area contributed by atoms with Gasteiger partial charge in [-0.2, -0.15) is 8.78 Å². The van der Waals surface area contributed by atoms with Gasteiger partial charge in [-0.25, -0.2) is 4.79 Å². The molecule has 0 saturated carbocycles. The Morgan fingerprint density at radius 1 is 1.12 bits per heavy atom. The minimum atomic E-state index is -2.92. The molecule has 1 N–H and O–H groups in total. The number of carbonyl (C=O) groups is 1. The van der Waals surface area contributed by atoms with Gasteiger partial charge in [-0.1, -0.05) is 6.07 Å². The fourth-order valence-electron chi connectivity index (χ4n) is 2.04. The summed E-state index contributed by atoms with van der Waals surface area (Å²) in [4.78, 5) is 13.5. The van der Waals surface area contributed by atoms with Crippen molar-refractivity contribution in [1.29, 1.82) is 0 Å². The molecule has 8 heteroatoms. The minimum Gasteiger partial charge on any atom is -0.497 e. The molecule has 0 heterocycles. The van der Waals surface area contributed by atoms with E-state index in [9.17, 15) is 13.6 Å². The molecular formula is C18H20F2N2O4. The number of nitrogens with zero attached hydrogens (tertiary/aromatic N) is 1. The highest BCUT2D eigenvalue weighted by Gasteiger charge is 2.10. The van der Waals surface area contributed by atoms with Crippen molar-refractivity contribution in [2.24, 2.45) is 0 Å². The average Bonchev–Trinajstić information content (AvgIpc) is 2.62. The Balaban J connectivity index is 1.79. The third-order valence-corrected chi connectivity index (χ3v) is 3.41. The maximum Gasteiger partial charge on any atom is 0.387 e. The molecule has 0 radical (unpaired) electrons. The van der Waals surface area contributed by atoms with Crippen LogP contribution in [0.4, 0.5) is 19.3 Å². The molecule has 2 aromatic carbocycles. The summed E-state index contributed by atoms with van der Waals surface area (Å²) in [6.07, 6.45) is 0. The van der Waals surface area contributed by atoms with E-state index in [-0.39, 0.29) is 5.75 Å².